The van der Waals surface area contributed by atoms with Crippen molar-refractivity contribution in [1.29, 1.82) is 0 Å². The van der Waals surface area contributed by atoms with E-state index in [1.54, 1.807) is 49.4 Å². The molecular weight excluding hydrogens is 496 g/mol. The number of unbranched alkanes of at least 4 members (excludes halogenated alkanes) is 1. The lowest BCUT2D eigenvalue weighted by Crippen LogP contribution is -2.48. The molecule has 0 fully saturated rings. The molecule has 0 aliphatic heterocycles. The molecular formula is C22H25BrN4O4S. The van der Waals surface area contributed by atoms with Crippen molar-refractivity contribution < 1.29 is 19.1 Å². The number of thiocarbonyl (C=S) groups is 1. The molecule has 10 heteroatoms. The summed E-state index contributed by atoms with van der Waals surface area (Å²) in [6.07, 6.45) is 2.34. The molecule has 0 saturated heterocycles. The van der Waals surface area contributed by atoms with Gasteiger partial charge in [0.2, 0.25) is 5.91 Å². The largest absolute Gasteiger partial charge is 0.492 e. The Hall–Kier alpha value is -2.98. The molecule has 32 heavy (non-hydrogen) atoms. The number of ether oxygens (including phenoxy) is 1. The molecule has 0 aliphatic carbocycles. The molecule has 0 bridgehead atoms. The van der Waals surface area contributed by atoms with Gasteiger partial charge in [0.05, 0.1) is 11.1 Å². The minimum absolute atomic E-state index is 0.0606. The van der Waals surface area contributed by atoms with Gasteiger partial charge < -0.3 is 10.1 Å². The first-order valence-corrected chi connectivity index (χ1v) is 11.3. The number of hydrazine groups is 1. The molecule has 0 aromatic heterocycles. The van der Waals surface area contributed by atoms with Crippen LogP contribution in [0.2, 0.25) is 0 Å². The van der Waals surface area contributed by atoms with Crippen LogP contribution in [0.3, 0.4) is 0 Å². The lowest BCUT2D eigenvalue weighted by atomic mass is 10.2. The number of hydrogen-bond acceptors (Lipinski definition) is 5. The summed E-state index contributed by atoms with van der Waals surface area (Å²) in [6, 6.07) is 11.3. The van der Waals surface area contributed by atoms with Crippen molar-refractivity contribution in [2.45, 2.75) is 33.1 Å². The quantitative estimate of drug-likeness (QED) is 0.238. The number of nitrogens with one attached hydrogen (secondary N) is 4. The third-order valence-corrected chi connectivity index (χ3v) is 5.04. The summed E-state index contributed by atoms with van der Waals surface area (Å²) in [7, 11) is 0. The van der Waals surface area contributed by atoms with Gasteiger partial charge in [0, 0.05) is 23.2 Å². The van der Waals surface area contributed by atoms with Gasteiger partial charge in [0.25, 0.3) is 11.8 Å². The van der Waals surface area contributed by atoms with E-state index in [0.29, 0.717) is 40.1 Å². The summed E-state index contributed by atoms with van der Waals surface area (Å²) in [4.78, 5) is 36.0. The Morgan fingerprint density at radius 1 is 0.969 bits per heavy atom. The Bertz CT molecular complexity index is 982. The zero-order valence-electron chi connectivity index (χ0n) is 17.8. The maximum absolute atomic E-state index is 12.4. The Labute approximate surface area is 200 Å². The van der Waals surface area contributed by atoms with Crippen LogP contribution in [0.5, 0.6) is 5.75 Å². The van der Waals surface area contributed by atoms with E-state index in [-0.39, 0.29) is 11.0 Å². The van der Waals surface area contributed by atoms with Gasteiger partial charge in [-0.3, -0.25) is 30.6 Å². The lowest BCUT2D eigenvalue weighted by Gasteiger charge is -2.12. The van der Waals surface area contributed by atoms with Crippen molar-refractivity contribution in [3.63, 3.8) is 0 Å². The monoisotopic (exact) mass is 520 g/mol. The molecule has 0 spiro atoms. The third kappa shape index (κ3) is 7.93. The topological polar surface area (TPSA) is 109 Å². The normalized spacial score (nSPS) is 10.1. The van der Waals surface area contributed by atoms with Gasteiger partial charge in [-0.2, -0.15) is 0 Å². The Morgan fingerprint density at radius 2 is 1.66 bits per heavy atom. The van der Waals surface area contributed by atoms with Gasteiger partial charge in [-0.1, -0.05) is 20.3 Å². The van der Waals surface area contributed by atoms with E-state index in [1.807, 2.05) is 0 Å². The van der Waals surface area contributed by atoms with Crippen molar-refractivity contribution in [3.8, 4) is 5.75 Å². The van der Waals surface area contributed by atoms with Gasteiger partial charge in [-0.25, -0.2) is 0 Å². The number of benzene rings is 2. The van der Waals surface area contributed by atoms with Crippen molar-refractivity contribution in [2.24, 2.45) is 0 Å². The molecule has 8 nitrogen and oxygen atoms in total. The van der Waals surface area contributed by atoms with E-state index < -0.39 is 11.8 Å². The number of hydrogen-bond donors (Lipinski definition) is 4. The smallest absolute Gasteiger partial charge is 0.269 e. The van der Waals surface area contributed by atoms with Gasteiger partial charge in [0.1, 0.15) is 5.75 Å². The summed E-state index contributed by atoms with van der Waals surface area (Å²) in [5, 5.41) is 5.14. The molecule has 2 aromatic carbocycles. The van der Waals surface area contributed by atoms with Crippen molar-refractivity contribution >= 4 is 56.7 Å². The molecule has 0 saturated carbocycles. The van der Waals surface area contributed by atoms with Crippen LogP contribution in [-0.4, -0.2) is 29.4 Å². The minimum atomic E-state index is -0.453. The zero-order valence-corrected chi connectivity index (χ0v) is 20.2. The van der Waals surface area contributed by atoms with Crippen molar-refractivity contribution in [2.75, 3.05) is 11.9 Å². The number of amides is 3. The number of anilines is 1. The fourth-order valence-electron chi connectivity index (χ4n) is 2.43. The molecule has 3 amide bonds. The number of carbonyl (C=O) groups excluding carboxylic acids is 3. The van der Waals surface area contributed by atoms with E-state index in [1.165, 1.54) is 0 Å². The highest BCUT2D eigenvalue weighted by Crippen LogP contribution is 2.26. The minimum Gasteiger partial charge on any atom is -0.492 e. The first kappa shape index (κ1) is 25.3. The van der Waals surface area contributed by atoms with Crippen LogP contribution in [0.1, 0.15) is 53.8 Å². The van der Waals surface area contributed by atoms with Crippen LogP contribution in [0.15, 0.2) is 46.9 Å². The summed E-state index contributed by atoms with van der Waals surface area (Å²) in [5.74, 6) is -0.348. The molecule has 0 radical (unpaired) electrons. The van der Waals surface area contributed by atoms with Crippen LogP contribution in [0, 0.1) is 0 Å². The van der Waals surface area contributed by atoms with Gasteiger partial charge in [0.15, 0.2) is 5.11 Å². The van der Waals surface area contributed by atoms with Crippen molar-refractivity contribution in [1.82, 2.24) is 16.2 Å². The molecule has 0 unspecified atom stereocenters. The van der Waals surface area contributed by atoms with E-state index in [2.05, 4.69) is 44.3 Å². The fourth-order valence-corrected chi connectivity index (χ4v) is 3.07. The van der Waals surface area contributed by atoms with Gasteiger partial charge >= 0.3 is 0 Å². The molecule has 0 atom stereocenters. The maximum Gasteiger partial charge on any atom is 0.269 e. The highest BCUT2D eigenvalue weighted by Gasteiger charge is 2.12. The summed E-state index contributed by atoms with van der Waals surface area (Å²) < 4.78 is 6.31. The molecule has 2 rings (SSSR count). The second-order valence-corrected chi connectivity index (χ2v) is 7.95. The standard InChI is InChI=1S/C22H25BrN4O4S/c1-3-5-12-31-18-11-8-15(13-17(18)23)20(29)25-22(32)27-26-21(30)14-6-9-16(10-7-14)24-19(28)4-2/h6-11,13H,3-5,12H2,1-2H3,(H,24,28)(H,26,30)(H2,25,27,29,32). The second kappa shape index (κ2) is 12.8. The summed E-state index contributed by atoms with van der Waals surface area (Å²) >= 11 is 8.47. The number of rotatable bonds is 8. The first-order valence-electron chi connectivity index (χ1n) is 10.1. The Balaban J connectivity index is 1.84. The average Bonchev–Trinajstić information content (AvgIpc) is 2.79. The maximum atomic E-state index is 12.4. The first-order chi connectivity index (χ1) is 15.3. The van der Waals surface area contributed by atoms with Gasteiger partial charge in [-0.15, -0.1) is 0 Å². The predicted octanol–water partition coefficient (Wildman–Crippen LogP) is 3.93. The van der Waals surface area contributed by atoms with Crippen LogP contribution >= 0.6 is 28.1 Å². The molecule has 0 heterocycles. The van der Waals surface area contributed by atoms with Gasteiger partial charge in [-0.05, 0) is 77.0 Å². The average molecular weight is 521 g/mol. The van der Waals surface area contributed by atoms with E-state index in [0.717, 1.165) is 12.8 Å². The molecule has 0 aliphatic rings. The fraction of sp³-hybridized carbons (Fsp3) is 0.273. The predicted molar refractivity (Wildman–Crippen MR) is 131 cm³/mol. The van der Waals surface area contributed by atoms with Crippen molar-refractivity contribution in [3.05, 3.63) is 58.1 Å². The van der Waals surface area contributed by atoms with Crippen LogP contribution < -0.4 is 26.2 Å². The zero-order chi connectivity index (χ0) is 23.5. The second-order valence-electron chi connectivity index (χ2n) is 6.69. The molecule has 170 valence electrons. The highest BCUT2D eigenvalue weighted by atomic mass is 79.9. The summed E-state index contributed by atoms with van der Waals surface area (Å²) in [5.41, 5.74) is 6.23. The lowest BCUT2D eigenvalue weighted by molar-refractivity contribution is -0.115. The third-order valence-electron chi connectivity index (χ3n) is 4.22. The van der Waals surface area contributed by atoms with Crippen LogP contribution in [0.4, 0.5) is 5.69 Å². The highest BCUT2D eigenvalue weighted by molar-refractivity contribution is 9.10. The Kier molecular flexibility index (Phi) is 10.1. The molecule has 4 N–H and O–H groups in total. The molecule has 2 aromatic rings. The number of halogens is 1. The van der Waals surface area contributed by atoms with Crippen LogP contribution in [-0.2, 0) is 4.79 Å². The Morgan fingerprint density at radius 3 is 2.28 bits per heavy atom. The van der Waals surface area contributed by atoms with E-state index in [9.17, 15) is 14.4 Å². The number of carbonyl (C=O) groups is 3. The summed E-state index contributed by atoms with van der Waals surface area (Å²) in [6.45, 7) is 4.43. The van der Waals surface area contributed by atoms with Crippen LogP contribution in [0.25, 0.3) is 0 Å². The van der Waals surface area contributed by atoms with E-state index in [4.69, 9.17) is 17.0 Å². The van der Waals surface area contributed by atoms with E-state index >= 15 is 0 Å². The SMILES string of the molecule is CCCCOc1ccc(C(=O)NC(=S)NNC(=O)c2ccc(NC(=O)CC)cc2)cc1Br.